The molecule has 0 amide bonds. The topological polar surface area (TPSA) is 50.7 Å². The molecule has 0 aromatic rings. The van der Waals surface area contributed by atoms with Gasteiger partial charge in [0.25, 0.3) is 0 Å². The van der Waals surface area contributed by atoms with E-state index in [2.05, 4.69) is 16.7 Å². The summed E-state index contributed by atoms with van der Waals surface area (Å²) in [6.07, 6.45) is 1.66. The minimum Gasteiger partial charge on any atom is -0.402 e. The molecule has 9 heavy (non-hydrogen) atoms. The van der Waals surface area contributed by atoms with Crippen molar-refractivity contribution in [3.05, 3.63) is 11.8 Å². The lowest BCUT2D eigenvalue weighted by molar-refractivity contribution is 1.31. The zero-order valence-corrected chi connectivity index (χ0v) is 5.76. The number of allylic oxidation sites excluding steroid dienone is 1. The highest BCUT2D eigenvalue weighted by Crippen LogP contribution is 1.84. The van der Waals surface area contributed by atoms with Gasteiger partial charge in [0.15, 0.2) is 0 Å². The number of hydrogen-bond acceptors (Lipinski definition) is 2. The number of nitrogens with two attached hydrogens (primary N) is 1. The molecule has 0 spiro atoms. The van der Waals surface area contributed by atoms with Gasteiger partial charge in [-0.15, -0.1) is 0 Å². The summed E-state index contributed by atoms with van der Waals surface area (Å²) in [4.78, 5) is 7.37. The molecule has 0 bridgehead atoms. The van der Waals surface area contributed by atoms with Crippen molar-refractivity contribution in [1.82, 2.24) is 0 Å². The molecule has 0 aliphatic heterocycles. The molecule has 3 heteroatoms. The molecule has 0 rings (SSSR count). The second-order valence-electron chi connectivity index (χ2n) is 1.63. The van der Waals surface area contributed by atoms with Gasteiger partial charge in [-0.1, -0.05) is 0 Å². The van der Waals surface area contributed by atoms with Crippen LogP contribution in [0.1, 0.15) is 6.92 Å². The second-order valence-corrected chi connectivity index (χ2v) is 1.63. The van der Waals surface area contributed by atoms with Crippen LogP contribution in [0.4, 0.5) is 0 Å². The van der Waals surface area contributed by atoms with Gasteiger partial charge in [0.05, 0.1) is 0 Å². The van der Waals surface area contributed by atoms with Crippen LogP contribution in [-0.4, -0.2) is 19.6 Å². The SMILES string of the molecule is C=NC(C=C(C)N)=NC. The average molecular weight is 125 g/mol. The standard InChI is InChI=1S/C6H11N3/c1-5(7)4-6(8-2)9-3/h4H,2,7H2,1,3H3. The fraction of sp³-hybridized carbons (Fsp3) is 0.333. The molecule has 2 N–H and O–H groups in total. The summed E-state index contributed by atoms with van der Waals surface area (Å²) < 4.78 is 0. The minimum atomic E-state index is 0.565. The fourth-order valence-electron chi connectivity index (χ4n) is 0.385. The molecule has 0 saturated carbocycles. The average Bonchev–Trinajstić information content (AvgIpc) is 1.82. The highest BCUT2D eigenvalue weighted by atomic mass is 14.9. The molecule has 3 nitrogen and oxygen atoms in total. The van der Waals surface area contributed by atoms with E-state index < -0.39 is 0 Å². The van der Waals surface area contributed by atoms with Crippen molar-refractivity contribution in [1.29, 1.82) is 0 Å². The maximum Gasteiger partial charge on any atom is 0.147 e. The number of hydrogen-bond donors (Lipinski definition) is 1. The number of rotatable bonds is 1. The highest BCUT2D eigenvalue weighted by molar-refractivity contribution is 5.96. The molecule has 0 radical (unpaired) electrons. The molecule has 0 unspecified atom stereocenters. The molecule has 0 atom stereocenters. The molecule has 0 aliphatic carbocycles. The summed E-state index contributed by atoms with van der Waals surface area (Å²) in [5.74, 6) is 0.565. The van der Waals surface area contributed by atoms with Crippen LogP contribution in [-0.2, 0) is 0 Å². The summed E-state index contributed by atoms with van der Waals surface area (Å²) in [6.45, 7) is 5.08. The normalized spacial score (nSPS) is 13.6. The predicted molar refractivity (Wildman–Crippen MR) is 40.9 cm³/mol. The van der Waals surface area contributed by atoms with Gasteiger partial charge in [0.1, 0.15) is 5.84 Å². The molecule has 0 aliphatic rings. The number of aliphatic imine (C=N–C) groups is 2. The van der Waals surface area contributed by atoms with Gasteiger partial charge in [-0.3, -0.25) is 4.99 Å². The van der Waals surface area contributed by atoms with Crippen LogP contribution >= 0.6 is 0 Å². The van der Waals surface area contributed by atoms with Crippen LogP contribution < -0.4 is 5.73 Å². The molecule has 0 heterocycles. The van der Waals surface area contributed by atoms with E-state index in [0.717, 1.165) is 0 Å². The van der Waals surface area contributed by atoms with E-state index in [1.165, 1.54) is 0 Å². The Hall–Kier alpha value is -1.12. The molecular weight excluding hydrogens is 114 g/mol. The zero-order valence-electron chi connectivity index (χ0n) is 5.76. The van der Waals surface area contributed by atoms with Crippen molar-refractivity contribution >= 4 is 12.6 Å². The van der Waals surface area contributed by atoms with Crippen molar-refractivity contribution < 1.29 is 0 Å². The number of nitrogens with zero attached hydrogens (tertiary/aromatic N) is 2. The largest absolute Gasteiger partial charge is 0.402 e. The maximum absolute atomic E-state index is 5.34. The van der Waals surface area contributed by atoms with Crippen molar-refractivity contribution in [3.8, 4) is 0 Å². The molecule has 0 saturated heterocycles. The lowest BCUT2D eigenvalue weighted by Gasteiger charge is -1.89. The van der Waals surface area contributed by atoms with Crippen molar-refractivity contribution in [2.45, 2.75) is 6.92 Å². The van der Waals surface area contributed by atoms with Gasteiger partial charge in [-0.05, 0) is 13.6 Å². The van der Waals surface area contributed by atoms with Gasteiger partial charge < -0.3 is 5.73 Å². The van der Waals surface area contributed by atoms with E-state index in [-0.39, 0.29) is 0 Å². The van der Waals surface area contributed by atoms with Crippen LogP contribution in [0.5, 0.6) is 0 Å². The van der Waals surface area contributed by atoms with Gasteiger partial charge in [-0.2, -0.15) is 0 Å². The van der Waals surface area contributed by atoms with E-state index >= 15 is 0 Å². The van der Waals surface area contributed by atoms with Crippen LogP contribution in [0, 0.1) is 0 Å². The summed E-state index contributed by atoms with van der Waals surface area (Å²) in [6, 6.07) is 0. The quantitative estimate of drug-likeness (QED) is 0.404. The maximum atomic E-state index is 5.34. The van der Waals surface area contributed by atoms with E-state index in [0.29, 0.717) is 11.5 Å². The first-order valence-electron chi connectivity index (χ1n) is 2.58. The third-order valence-corrected chi connectivity index (χ3v) is 0.748. The van der Waals surface area contributed by atoms with Crippen molar-refractivity contribution in [2.24, 2.45) is 15.7 Å². The Kier molecular flexibility index (Phi) is 3.35. The Labute approximate surface area is 55.0 Å². The molecule has 0 aromatic carbocycles. The van der Waals surface area contributed by atoms with Gasteiger partial charge in [-0.25, -0.2) is 4.99 Å². The second kappa shape index (κ2) is 3.83. The zero-order chi connectivity index (χ0) is 7.28. The van der Waals surface area contributed by atoms with Crippen LogP contribution in [0.2, 0.25) is 0 Å². The Morgan fingerprint density at radius 2 is 2.22 bits per heavy atom. The van der Waals surface area contributed by atoms with Crippen molar-refractivity contribution in [2.75, 3.05) is 7.05 Å². The Morgan fingerprint density at radius 3 is 2.33 bits per heavy atom. The molecule has 50 valence electrons. The lowest BCUT2D eigenvalue weighted by atomic mass is 10.4. The Bertz CT molecular complexity index is 152. The third kappa shape index (κ3) is 3.46. The van der Waals surface area contributed by atoms with E-state index in [9.17, 15) is 0 Å². The van der Waals surface area contributed by atoms with Gasteiger partial charge >= 0.3 is 0 Å². The lowest BCUT2D eigenvalue weighted by Crippen LogP contribution is -1.95. The third-order valence-electron chi connectivity index (χ3n) is 0.748. The molecule has 0 aromatic heterocycles. The van der Waals surface area contributed by atoms with E-state index in [1.807, 2.05) is 0 Å². The predicted octanol–water partition coefficient (Wildman–Crippen LogP) is 0.578. The minimum absolute atomic E-state index is 0.565. The summed E-state index contributed by atoms with van der Waals surface area (Å²) in [5.41, 5.74) is 6.02. The highest BCUT2D eigenvalue weighted by Gasteiger charge is 1.84. The summed E-state index contributed by atoms with van der Waals surface area (Å²) in [5, 5.41) is 0. The van der Waals surface area contributed by atoms with Crippen LogP contribution in [0.15, 0.2) is 21.8 Å². The Balaban J connectivity index is 4.18. The first kappa shape index (κ1) is 7.88. The van der Waals surface area contributed by atoms with Gasteiger partial charge in [0.2, 0.25) is 0 Å². The van der Waals surface area contributed by atoms with Gasteiger partial charge in [0, 0.05) is 18.8 Å². The molecular formula is C6H11N3. The van der Waals surface area contributed by atoms with Crippen molar-refractivity contribution in [3.63, 3.8) is 0 Å². The summed E-state index contributed by atoms with van der Waals surface area (Å²) in [7, 11) is 1.64. The fourth-order valence-corrected chi connectivity index (χ4v) is 0.385. The van der Waals surface area contributed by atoms with E-state index in [4.69, 9.17) is 5.73 Å². The Morgan fingerprint density at radius 1 is 1.67 bits per heavy atom. The smallest absolute Gasteiger partial charge is 0.147 e. The van der Waals surface area contributed by atoms with Crippen LogP contribution in [0.25, 0.3) is 0 Å². The summed E-state index contributed by atoms with van der Waals surface area (Å²) >= 11 is 0. The van der Waals surface area contributed by atoms with E-state index in [1.54, 1.807) is 20.0 Å². The van der Waals surface area contributed by atoms with Crippen LogP contribution in [0.3, 0.4) is 0 Å². The molecule has 0 fully saturated rings. The number of amidine groups is 1. The monoisotopic (exact) mass is 125 g/mol. The first-order chi connectivity index (χ1) is 4.20. The first-order valence-corrected chi connectivity index (χ1v) is 2.58.